The van der Waals surface area contributed by atoms with Crippen molar-refractivity contribution in [3.05, 3.63) is 10.4 Å². The molecule has 1 rings (SSSR count). The van der Waals surface area contributed by atoms with Gasteiger partial charge in [0.2, 0.25) is 5.91 Å². The van der Waals surface area contributed by atoms with Crippen LogP contribution >= 0.6 is 0 Å². The molecule has 1 amide bonds. The molecular formula is C7H10N4O4. The van der Waals surface area contributed by atoms with Crippen LogP contribution in [0.4, 0.5) is 0 Å². The van der Waals surface area contributed by atoms with Crippen molar-refractivity contribution in [3.63, 3.8) is 0 Å². The molecule has 0 radical (unpaired) electrons. The van der Waals surface area contributed by atoms with Gasteiger partial charge in [0.1, 0.15) is 6.54 Å². The van der Waals surface area contributed by atoms with Crippen LogP contribution < -0.4 is 0 Å². The molecule has 1 unspecified atom stereocenters. The normalized spacial score (nSPS) is 20.5. The van der Waals surface area contributed by atoms with Gasteiger partial charge in [0.15, 0.2) is 6.10 Å². The maximum Gasteiger partial charge on any atom is 0.334 e. The van der Waals surface area contributed by atoms with Crippen LogP contribution in [0.3, 0.4) is 0 Å². The molecule has 82 valence electrons. The van der Waals surface area contributed by atoms with Crippen molar-refractivity contribution in [1.29, 1.82) is 0 Å². The van der Waals surface area contributed by atoms with Gasteiger partial charge in [0, 0.05) is 11.5 Å². The second-order valence-corrected chi connectivity index (χ2v) is 2.93. The maximum atomic E-state index is 11.3. The van der Waals surface area contributed by atoms with E-state index in [0.717, 1.165) is 0 Å². The molecule has 1 aliphatic rings. The van der Waals surface area contributed by atoms with Crippen LogP contribution in [-0.4, -0.2) is 54.2 Å². The summed E-state index contributed by atoms with van der Waals surface area (Å²) in [5.41, 5.74) is 8.02. The van der Waals surface area contributed by atoms with Gasteiger partial charge in [-0.1, -0.05) is 5.11 Å². The Morgan fingerprint density at radius 3 is 3.00 bits per heavy atom. The number of rotatable bonds is 3. The third-order valence-corrected chi connectivity index (χ3v) is 1.96. The van der Waals surface area contributed by atoms with E-state index in [1.165, 1.54) is 4.90 Å². The molecule has 15 heavy (non-hydrogen) atoms. The number of azide groups is 1. The largest absolute Gasteiger partial charge is 0.479 e. The Labute approximate surface area is 85.0 Å². The van der Waals surface area contributed by atoms with E-state index in [2.05, 4.69) is 10.0 Å². The maximum absolute atomic E-state index is 11.3. The Hall–Kier alpha value is -1.79. The molecule has 1 aliphatic heterocycles. The van der Waals surface area contributed by atoms with Crippen LogP contribution in [0.15, 0.2) is 5.11 Å². The fraction of sp³-hybridized carbons (Fsp3) is 0.714. The average molecular weight is 214 g/mol. The van der Waals surface area contributed by atoms with Gasteiger partial charge in [-0.15, -0.1) is 0 Å². The van der Waals surface area contributed by atoms with Gasteiger partial charge in [0.25, 0.3) is 0 Å². The highest BCUT2D eigenvalue weighted by molar-refractivity contribution is 5.80. The van der Waals surface area contributed by atoms with Crippen molar-refractivity contribution < 1.29 is 19.4 Å². The van der Waals surface area contributed by atoms with Gasteiger partial charge in [0.05, 0.1) is 13.2 Å². The Morgan fingerprint density at radius 2 is 2.40 bits per heavy atom. The Balaban J connectivity index is 2.51. The van der Waals surface area contributed by atoms with E-state index in [1.54, 1.807) is 0 Å². The number of nitrogens with zero attached hydrogens (tertiary/aromatic N) is 4. The summed E-state index contributed by atoms with van der Waals surface area (Å²) >= 11 is 0. The van der Waals surface area contributed by atoms with Crippen molar-refractivity contribution in [1.82, 2.24) is 4.90 Å². The second-order valence-electron chi connectivity index (χ2n) is 2.93. The Morgan fingerprint density at radius 1 is 1.67 bits per heavy atom. The number of hydrogen-bond donors (Lipinski definition) is 1. The van der Waals surface area contributed by atoms with Gasteiger partial charge >= 0.3 is 5.97 Å². The fourth-order valence-corrected chi connectivity index (χ4v) is 1.22. The van der Waals surface area contributed by atoms with Crippen molar-refractivity contribution in [2.45, 2.75) is 6.10 Å². The SMILES string of the molecule is [N-]=[N+]=NCC(=O)N1CCOC(C(=O)O)C1. The number of aliphatic carboxylic acids is 1. The van der Waals surface area contributed by atoms with Crippen molar-refractivity contribution in [2.75, 3.05) is 26.2 Å². The molecule has 1 N–H and O–H groups in total. The third kappa shape index (κ3) is 3.12. The summed E-state index contributed by atoms with van der Waals surface area (Å²) in [5, 5.41) is 11.8. The first-order valence-electron chi connectivity index (χ1n) is 4.28. The molecule has 1 heterocycles. The summed E-state index contributed by atoms with van der Waals surface area (Å²) in [7, 11) is 0. The zero-order valence-corrected chi connectivity index (χ0v) is 7.87. The number of amides is 1. The van der Waals surface area contributed by atoms with Crippen LogP contribution in [-0.2, 0) is 14.3 Å². The van der Waals surface area contributed by atoms with Gasteiger partial charge in [-0.3, -0.25) is 4.79 Å². The van der Waals surface area contributed by atoms with Crippen LogP contribution in [0.2, 0.25) is 0 Å². The fourth-order valence-electron chi connectivity index (χ4n) is 1.22. The highest BCUT2D eigenvalue weighted by atomic mass is 16.5. The highest BCUT2D eigenvalue weighted by Crippen LogP contribution is 2.05. The topological polar surface area (TPSA) is 116 Å². The minimum Gasteiger partial charge on any atom is -0.479 e. The van der Waals surface area contributed by atoms with Crippen molar-refractivity contribution in [2.24, 2.45) is 5.11 Å². The number of ether oxygens (including phenoxy) is 1. The summed E-state index contributed by atoms with van der Waals surface area (Å²) in [6.07, 6.45) is -0.992. The third-order valence-electron chi connectivity index (χ3n) is 1.96. The predicted molar refractivity (Wildman–Crippen MR) is 48.0 cm³/mol. The summed E-state index contributed by atoms with van der Waals surface area (Å²) in [6, 6.07) is 0. The monoisotopic (exact) mass is 214 g/mol. The predicted octanol–water partition coefficient (Wildman–Crippen LogP) is -0.391. The summed E-state index contributed by atoms with van der Waals surface area (Å²) < 4.78 is 4.93. The minimum atomic E-state index is -1.10. The molecule has 0 aromatic rings. The molecule has 0 aromatic carbocycles. The zero-order valence-electron chi connectivity index (χ0n) is 7.87. The number of carbonyl (C=O) groups excluding carboxylic acids is 1. The molecule has 0 spiro atoms. The number of hydrogen-bond acceptors (Lipinski definition) is 4. The molecule has 0 saturated carbocycles. The summed E-state index contributed by atoms with van der Waals surface area (Å²) in [5.74, 6) is -1.49. The van der Waals surface area contributed by atoms with E-state index in [0.29, 0.717) is 6.54 Å². The summed E-state index contributed by atoms with van der Waals surface area (Å²) in [6.45, 7) is 0.209. The number of carbonyl (C=O) groups is 2. The molecule has 1 saturated heterocycles. The van der Waals surface area contributed by atoms with Gasteiger partial charge in [-0.2, -0.15) is 0 Å². The number of carboxylic acids is 1. The average Bonchev–Trinajstić information content (AvgIpc) is 2.26. The van der Waals surface area contributed by atoms with Crippen LogP contribution in [0, 0.1) is 0 Å². The molecule has 0 bridgehead atoms. The second kappa shape index (κ2) is 5.18. The molecule has 8 nitrogen and oxygen atoms in total. The standard InChI is InChI=1S/C7H10N4O4/c8-10-9-3-6(12)11-1-2-15-5(4-11)7(13)14/h5H,1-4H2,(H,13,14). The Bertz CT molecular complexity index is 312. The van der Waals surface area contributed by atoms with E-state index in [9.17, 15) is 9.59 Å². The van der Waals surface area contributed by atoms with E-state index >= 15 is 0 Å². The quantitative estimate of drug-likeness (QED) is 0.391. The molecule has 0 aromatic heterocycles. The molecular weight excluding hydrogens is 204 g/mol. The van der Waals surface area contributed by atoms with Crippen LogP contribution in [0.25, 0.3) is 10.4 Å². The molecule has 1 fully saturated rings. The number of carboxylic acid groups (broad SMARTS) is 1. The molecule has 8 heteroatoms. The van der Waals surface area contributed by atoms with E-state index in [4.69, 9.17) is 15.4 Å². The highest BCUT2D eigenvalue weighted by Gasteiger charge is 2.28. The first kappa shape index (κ1) is 11.3. The van der Waals surface area contributed by atoms with Gasteiger partial charge in [-0.05, 0) is 5.53 Å². The lowest BCUT2D eigenvalue weighted by Crippen LogP contribution is -2.49. The first-order chi connectivity index (χ1) is 7.15. The lowest BCUT2D eigenvalue weighted by molar-refractivity contribution is -0.159. The lowest BCUT2D eigenvalue weighted by Gasteiger charge is -2.30. The lowest BCUT2D eigenvalue weighted by atomic mass is 10.2. The van der Waals surface area contributed by atoms with Crippen molar-refractivity contribution >= 4 is 11.9 Å². The minimum absolute atomic E-state index is 0.00485. The zero-order chi connectivity index (χ0) is 11.3. The Kier molecular flexibility index (Phi) is 3.90. The first-order valence-corrected chi connectivity index (χ1v) is 4.28. The smallest absolute Gasteiger partial charge is 0.334 e. The number of morpholine rings is 1. The van der Waals surface area contributed by atoms with E-state index in [1.807, 2.05) is 0 Å². The van der Waals surface area contributed by atoms with E-state index in [-0.39, 0.29) is 25.6 Å². The van der Waals surface area contributed by atoms with Crippen LogP contribution in [0.1, 0.15) is 0 Å². The molecule has 0 aliphatic carbocycles. The van der Waals surface area contributed by atoms with Crippen molar-refractivity contribution in [3.8, 4) is 0 Å². The molecule has 1 atom stereocenters. The van der Waals surface area contributed by atoms with E-state index < -0.39 is 12.1 Å². The summed E-state index contributed by atoms with van der Waals surface area (Å²) in [4.78, 5) is 25.7. The van der Waals surface area contributed by atoms with Crippen LogP contribution in [0.5, 0.6) is 0 Å². The van der Waals surface area contributed by atoms with Gasteiger partial charge in [-0.25, -0.2) is 4.79 Å². The van der Waals surface area contributed by atoms with Gasteiger partial charge < -0.3 is 14.7 Å².